The summed E-state index contributed by atoms with van der Waals surface area (Å²) >= 11 is 0. The van der Waals surface area contributed by atoms with E-state index in [1.807, 2.05) is 30.3 Å². The normalized spacial score (nSPS) is 16.0. The van der Waals surface area contributed by atoms with Crippen LogP contribution in [0.15, 0.2) is 36.7 Å². The van der Waals surface area contributed by atoms with Gasteiger partial charge >= 0.3 is 6.09 Å². The first kappa shape index (κ1) is 17.8. The lowest BCUT2D eigenvalue weighted by Gasteiger charge is -2.26. The van der Waals surface area contributed by atoms with Crippen molar-refractivity contribution in [2.75, 3.05) is 33.3 Å². The van der Waals surface area contributed by atoms with E-state index in [1.165, 1.54) is 18.1 Å². The molecule has 26 heavy (non-hydrogen) atoms. The second kappa shape index (κ2) is 8.41. The molecule has 0 unspecified atom stereocenters. The lowest BCUT2D eigenvalue weighted by atomic mass is 10.0. The molecule has 1 aliphatic heterocycles. The quantitative estimate of drug-likeness (QED) is 0.801. The van der Waals surface area contributed by atoms with Crippen molar-refractivity contribution in [2.24, 2.45) is 0 Å². The number of benzene rings is 1. The van der Waals surface area contributed by atoms with Gasteiger partial charge in [0.2, 0.25) is 5.91 Å². The van der Waals surface area contributed by atoms with E-state index in [2.05, 4.69) is 15.5 Å². The first-order valence-electron chi connectivity index (χ1n) is 8.57. The molecule has 0 aliphatic carbocycles. The van der Waals surface area contributed by atoms with Gasteiger partial charge in [0, 0.05) is 32.6 Å². The van der Waals surface area contributed by atoms with Crippen molar-refractivity contribution in [3.05, 3.63) is 42.2 Å². The summed E-state index contributed by atoms with van der Waals surface area (Å²) < 4.78 is 6.28. The van der Waals surface area contributed by atoms with E-state index in [-0.39, 0.29) is 12.0 Å². The lowest BCUT2D eigenvalue weighted by molar-refractivity contribution is -0.135. The average Bonchev–Trinajstić information content (AvgIpc) is 3.09. The fraction of sp³-hybridized carbons (Fsp3) is 0.471. The molecule has 0 N–H and O–H groups in total. The Balaban J connectivity index is 1.74. The van der Waals surface area contributed by atoms with Crippen LogP contribution in [0.25, 0.3) is 0 Å². The summed E-state index contributed by atoms with van der Waals surface area (Å²) in [6.45, 7) is 2.07. The van der Waals surface area contributed by atoms with Gasteiger partial charge in [-0.25, -0.2) is 9.48 Å². The highest BCUT2D eigenvalue weighted by molar-refractivity contribution is 5.81. The van der Waals surface area contributed by atoms with Gasteiger partial charge in [-0.3, -0.25) is 4.79 Å². The zero-order chi connectivity index (χ0) is 18.4. The van der Waals surface area contributed by atoms with Crippen molar-refractivity contribution in [3.63, 3.8) is 0 Å². The van der Waals surface area contributed by atoms with Crippen LogP contribution in [0.1, 0.15) is 18.0 Å². The third-order valence-electron chi connectivity index (χ3n) is 4.48. The van der Waals surface area contributed by atoms with Gasteiger partial charge in [-0.05, 0) is 22.4 Å². The first-order valence-corrected chi connectivity index (χ1v) is 8.57. The minimum Gasteiger partial charge on any atom is -0.453 e. The van der Waals surface area contributed by atoms with Crippen LogP contribution in [-0.2, 0) is 16.0 Å². The Hall–Kier alpha value is -2.97. The largest absolute Gasteiger partial charge is 0.453 e. The third-order valence-corrected chi connectivity index (χ3v) is 4.48. The van der Waals surface area contributed by atoms with Crippen molar-refractivity contribution in [3.8, 4) is 0 Å². The maximum Gasteiger partial charge on any atom is 0.409 e. The first-order chi connectivity index (χ1) is 12.7. The molecule has 0 saturated carbocycles. The van der Waals surface area contributed by atoms with Gasteiger partial charge in [-0.1, -0.05) is 30.3 Å². The Morgan fingerprint density at radius 3 is 2.54 bits per heavy atom. The van der Waals surface area contributed by atoms with Crippen molar-refractivity contribution in [1.29, 1.82) is 0 Å². The standard InChI is InChI=1S/C17H22N6O3/c1-26-17(25)22-9-5-8-21(10-11-22)16(24)15(23-13-18-19-20-23)12-14-6-3-2-4-7-14/h2-4,6-7,13,15H,5,8-12H2,1H3/t15-/m0/s1. The predicted molar refractivity (Wildman–Crippen MR) is 92.2 cm³/mol. The summed E-state index contributed by atoms with van der Waals surface area (Å²) in [7, 11) is 1.36. The molecule has 9 nitrogen and oxygen atoms in total. The highest BCUT2D eigenvalue weighted by atomic mass is 16.5. The molecule has 1 aromatic carbocycles. The molecule has 2 aromatic rings. The average molecular weight is 358 g/mol. The number of ether oxygens (including phenoxy) is 1. The van der Waals surface area contributed by atoms with Crippen molar-refractivity contribution >= 4 is 12.0 Å². The number of methoxy groups -OCH3 is 1. The Bertz CT molecular complexity index is 721. The van der Waals surface area contributed by atoms with Crippen LogP contribution in [-0.4, -0.2) is 75.3 Å². The van der Waals surface area contributed by atoms with Crippen molar-refractivity contribution in [2.45, 2.75) is 18.9 Å². The van der Waals surface area contributed by atoms with E-state index in [4.69, 9.17) is 4.74 Å². The summed E-state index contributed by atoms with van der Waals surface area (Å²) in [6.07, 6.45) is 2.31. The van der Waals surface area contributed by atoms with Gasteiger partial charge in [0.15, 0.2) is 0 Å². The molecule has 0 spiro atoms. The van der Waals surface area contributed by atoms with Gasteiger partial charge in [0.05, 0.1) is 7.11 Å². The zero-order valence-electron chi connectivity index (χ0n) is 14.7. The summed E-state index contributed by atoms with van der Waals surface area (Å²) in [4.78, 5) is 28.3. The van der Waals surface area contributed by atoms with E-state index in [1.54, 1.807) is 9.80 Å². The van der Waals surface area contributed by atoms with Crippen LogP contribution in [0, 0.1) is 0 Å². The van der Waals surface area contributed by atoms with Gasteiger partial charge in [-0.2, -0.15) is 0 Å². The van der Waals surface area contributed by atoms with E-state index in [9.17, 15) is 9.59 Å². The number of hydrogen-bond acceptors (Lipinski definition) is 6. The maximum absolute atomic E-state index is 13.2. The van der Waals surface area contributed by atoms with Crippen LogP contribution in [0.5, 0.6) is 0 Å². The molecule has 3 rings (SSSR count). The second-order valence-corrected chi connectivity index (χ2v) is 6.13. The molecular formula is C17H22N6O3. The molecule has 0 bridgehead atoms. The molecule has 1 fully saturated rings. The van der Waals surface area contributed by atoms with Crippen LogP contribution in [0.4, 0.5) is 4.79 Å². The Kier molecular flexibility index (Phi) is 5.77. The zero-order valence-corrected chi connectivity index (χ0v) is 14.7. The van der Waals surface area contributed by atoms with Gasteiger partial charge < -0.3 is 14.5 Å². The maximum atomic E-state index is 13.2. The summed E-state index contributed by atoms with van der Waals surface area (Å²) in [5.41, 5.74) is 1.03. The molecule has 1 aliphatic rings. The third kappa shape index (κ3) is 4.16. The number of aromatic nitrogens is 4. The number of rotatable bonds is 4. The SMILES string of the molecule is COC(=O)N1CCCN(C(=O)[C@H](Cc2ccccc2)n2cnnn2)CC1. The fourth-order valence-electron chi connectivity index (χ4n) is 3.10. The van der Waals surface area contributed by atoms with E-state index < -0.39 is 6.04 Å². The summed E-state index contributed by atoms with van der Waals surface area (Å²) in [5, 5.41) is 11.3. The van der Waals surface area contributed by atoms with Crippen LogP contribution < -0.4 is 0 Å². The van der Waals surface area contributed by atoms with Crippen molar-refractivity contribution < 1.29 is 14.3 Å². The number of tetrazole rings is 1. The number of carbonyl (C=O) groups excluding carboxylic acids is 2. The minimum absolute atomic E-state index is 0.0483. The Morgan fingerprint density at radius 1 is 1.12 bits per heavy atom. The molecule has 1 aromatic heterocycles. The predicted octanol–water partition coefficient (Wildman–Crippen LogP) is 0.758. The molecule has 0 radical (unpaired) electrons. The van der Waals surface area contributed by atoms with Crippen LogP contribution in [0.2, 0.25) is 0 Å². The van der Waals surface area contributed by atoms with E-state index >= 15 is 0 Å². The highest BCUT2D eigenvalue weighted by Crippen LogP contribution is 2.17. The Labute approximate surface area is 151 Å². The number of carbonyl (C=O) groups is 2. The lowest BCUT2D eigenvalue weighted by Crippen LogP contribution is -2.41. The molecule has 2 amide bonds. The fourth-order valence-corrected chi connectivity index (χ4v) is 3.10. The van der Waals surface area contributed by atoms with Crippen molar-refractivity contribution in [1.82, 2.24) is 30.0 Å². The molecule has 1 atom stereocenters. The summed E-state index contributed by atoms with van der Waals surface area (Å²) in [5.74, 6) is -0.0483. The smallest absolute Gasteiger partial charge is 0.409 e. The highest BCUT2D eigenvalue weighted by Gasteiger charge is 2.29. The molecule has 9 heteroatoms. The topological polar surface area (TPSA) is 93.5 Å². The van der Waals surface area contributed by atoms with E-state index in [0.717, 1.165) is 5.56 Å². The number of amides is 2. The van der Waals surface area contributed by atoms with Gasteiger partial charge in [0.25, 0.3) is 0 Å². The molecule has 2 heterocycles. The minimum atomic E-state index is -0.517. The van der Waals surface area contributed by atoms with E-state index in [0.29, 0.717) is 39.0 Å². The van der Waals surface area contributed by atoms with Gasteiger partial charge in [0.1, 0.15) is 12.4 Å². The monoisotopic (exact) mass is 358 g/mol. The number of nitrogens with zero attached hydrogens (tertiary/aromatic N) is 6. The molecular weight excluding hydrogens is 336 g/mol. The van der Waals surface area contributed by atoms with Crippen LogP contribution in [0.3, 0.4) is 0 Å². The molecule has 1 saturated heterocycles. The van der Waals surface area contributed by atoms with Gasteiger partial charge in [-0.15, -0.1) is 5.10 Å². The molecule has 138 valence electrons. The van der Waals surface area contributed by atoms with Crippen LogP contribution >= 0.6 is 0 Å². The second-order valence-electron chi connectivity index (χ2n) is 6.13. The Morgan fingerprint density at radius 2 is 1.85 bits per heavy atom. The number of hydrogen-bond donors (Lipinski definition) is 0. The summed E-state index contributed by atoms with van der Waals surface area (Å²) in [6, 6.07) is 9.26.